The Balaban J connectivity index is 2.73. The number of ether oxygens (including phenoxy) is 2. The number of hydrogen-bond acceptors (Lipinski definition) is 3. The van der Waals surface area contributed by atoms with Gasteiger partial charge in [0, 0.05) is 5.57 Å². The highest BCUT2D eigenvalue weighted by Crippen LogP contribution is 2.14. The van der Waals surface area contributed by atoms with Gasteiger partial charge in [-0.25, -0.2) is 4.79 Å². The molecule has 0 spiro atoms. The highest BCUT2D eigenvalue weighted by molar-refractivity contribution is 5.92. The van der Waals surface area contributed by atoms with Crippen LogP contribution in [0.4, 0.5) is 0 Å². The summed E-state index contributed by atoms with van der Waals surface area (Å²) >= 11 is 0. The molecule has 0 saturated heterocycles. The van der Waals surface area contributed by atoms with Crippen LogP contribution >= 0.6 is 0 Å². The van der Waals surface area contributed by atoms with E-state index in [1.165, 1.54) is 0 Å². The molecule has 92 valence electrons. The molecule has 1 aromatic rings. The molecule has 0 fully saturated rings. The smallest absolute Gasteiger partial charge is 0.333 e. The third-order valence-corrected chi connectivity index (χ3v) is 2.17. The maximum absolute atomic E-state index is 11.4. The van der Waals surface area contributed by atoms with Crippen molar-refractivity contribution in [3.05, 3.63) is 35.4 Å². The zero-order valence-electron chi connectivity index (χ0n) is 10.5. The average molecular weight is 234 g/mol. The first-order valence-electron chi connectivity index (χ1n) is 5.75. The van der Waals surface area contributed by atoms with Crippen molar-refractivity contribution in [3.8, 4) is 5.75 Å². The lowest BCUT2D eigenvalue weighted by Gasteiger charge is -2.04. The van der Waals surface area contributed by atoms with Gasteiger partial charge >= 0.3 is 5.97 Å². The van der Waals surface area contributed by atoms with Crippen molar-refractivity contribution in [2.24, 2.45) is 0 Å². The van der Waals surface area contributed by atoms with E-state index in [1.807, 2.05) is 31.2 Å². The number of rotatable bonds is 5. The van der Waals surface area contributed by atoms with E-state index in [1.54, 1.807) is 19.9 Å². The standard InChI is InChI=1S/C14H18O3/c1-4-16-13-8-6-12(7-9-13)10-11(3)14(15)17-5-2/h6-10H,4-5H2,1-3H3/b11-10+. The van der Waals surface area contributed by atoms with E-state index in [2.05, 4.69) is 0 Å². The lowest BCUT2D eigenvalue weighted by Crippen LogP contribution is -2.04. The average Bonchev–Trinajstić information content (AvgIpc) is 2.32. The van der Waals surface area contributed by atoms with E-state index in [4.69, 9.17) is 9.47 Å². The van der Waals surface area contributed by atoms with Crippen molar-refractivity contribution in [1.82, 2.24) is 0 Å². The molecule has 3 heteroatoms. The lowest BCUT2D eigenvalue weighted by atomic mass is 10.1. The Hall–Kier alpha value is -1.77. The zero-order chi connectivity index (χ0) is 12.7. The van der Waals surface area contributed by atoms with Gasteiger partial charge in [-0.3, -0.25) is 0 Å². The fourth-order valence-electron chi connectivity index (χ4n) is 1.38. The molecule has 0 unspecified atom stereocenters. The summed E-state index contributed by atoms with van der Waals surface area (Å²) in [6, 6.07) is 7.59. The van der Waals surface area contributed by atoms with Crippen LogP contribution in [0.5, 0.6) is 5.75 Å². The number of benzene rings is 1. The maximum Gasteiger partial charge on any atom is 0.333 e. The minimum Gasteiger partial charge on any atom is -0.494 e. The van der Waals surface area contributed by atoms with Crippen molar-refractivity contribution in [2.75, 3.05) is 13.2 Å². The number of esters is 1. The third-order valence-electron chi connectivity index (χ3n) is 2.17. The molecule has 0 radical (unpaired) electrons. The molecule has 0 heterocycles. The van der Waals surface area contributed by atoms with Gasteiger partial charge < -0.3 is 9.47 Å². The Morgan fingerprint density at radius 1 is 1.18 bits per heavy atom. The van der Waals surface area contributed by atoms with Gasteiger partial charge in [-0.05, 0) is 44.5 Å². The number of carbonyl (C=O) groups is 1. The van der Waals surface area contributed by atoms with Crippen molar-refractivity contribution in [1.29, 1.82) is 0 Å². The molecule has 0 aliphatic carbocycles. The molecule has 0 aromatic heterocycles. The van der Waals surface area contributed by atoms with Gasteiger partial charge in [-0.15, -0.1) is 0 Å². The van der Waals surface area contributed by atoms with Crippen LogP contribution in [0.25, 0.3) is 6.08 Å². The fraction of sp³-hybridized carbons (Fsp3) is 0.357. The number of carbonyl (C=O) groups excluding carboxylic acids is 1. The zero-order valence-corrected chi connectivity index (χ0v) is 10.5. The predicted molar refractivity (Wildman–Crippen MR) is 67.9 cm³/mol. The highest BCUT2D eigenvalue weighted by atomic mass is 16.5. The third kappa shape index (κ3) is 4.31. The Morgan fingerprint density at radius 3 is 2.35 bits per heavy atom. The van der Waals surface area contributed by atoms with E-state index >= 15 is 0 Å². The van der Waals surface area contributed by atoms with Gasteiger partial charge in [-0.1, -0.05) is 12.1 Å². The quantitative estimate of drug-likeness (QED) is 0.580. The van der Waals surface area contributed by atoms with E-state index < -0.39 is 0 Å². The SMILES string of the molecule is CCOC(=O)/C(C)=C/c1ccc(OCC)cc1. The molecule has 0 saturated carbocycles. The van der Waals surface area contributed by atoms with Gasteiger partial charge in [-0.2, -0.15) is 0 Å². The van der Waals surface area contributed by atoms with Gasteiger partial charge in [0.05, 0.1) is 13.2 Å². The maximum atomic E-state index is 11.4. The molecule has 1 rings (SSSR count). The predicted octanol–water partition coefficient (Wildman–Crippen LogP) is 3.05. The first kappa shape index (κ1) is 13.3. The molecule has 0 bridgehead atoms. The minimum atomic E-state index is -0.276. The van der Waals surface area contributed by atoms with Crippen LogP contribution in [-0.2, 0) is 9.53 Å². The Morgan fingerprint density at radius 2 is 1.82 bits per heavy atom. The van der Waals surface area contributed by atoms with Crippen molar-refractivity contribution in [2.45, 2.75) is 20.8 Å². The van der Waals surface area contributed by atoms with Crippen LogP contribution in [0.2, 0.25) is 0 Å². The van der Waals surface area contributed by atoms with Crippen LogP contribution in [0.3, 0.4) is 0 Å². The summed E-state index contributed by atoms with van der Waals surface area (Å²) in [4.78, 5) is 11.4. The fourth-order valence-corrected chi connectivity index (χ4v) is 1.38. The summed E-state index contributed by atoms with van der Waals surface area (Å²) in [5.41, 5.74) is 1.55. The van der Waals surface area contributed by atoms with E-state index in [0.717, 1.165) is 11.3 Å². The van der Waals surface area contributed by atoms with Gasteiger partial charge in [0.25, 0.3) is 0 Å². The summed E-state index contributed by atoms with van der Waals surface area (Å²) in [6.45, 7) is 6.53. The molecule has 0 aliphatic heterocycles. The Bertz CT molecular complexity index is 390. The van der Waals surface area contributed by atoms with E-state index in [0.29, 0.717) is 18.8 Å². The highest BCUT2D eigenvalue weighted by Gasteiger charge is 2.04. The monoisotopic (exact) mass is 234 g/mol. The van der Waals surface area contributed by atoms with Crippen molar-refractivity contribution in [3.63, 3.8) is 0 Å². The Labute approximate surface area is 102 Å². The molecule has 0 N–H and O–H groups in total. The molecular formula is C14H18O3. The first-order chi connectivity index (χ1) is 8.17. The number of hydrogen-bond donors (Lipinski definition) is 0. The lowest BCUT2D eigenvalue weighted by molar-refractivity contribution is -0.138. The molecule has 1 aromatic carbocycles. The minimum absolute atomic E-state index is 0.276. The van der Waals surface area contributed by atoms with Crippen LogP contribution in [0, 0.1) is 0 Å². The first-order valence-corrected chi connectivity index (χ1v) is 5.75. The summed E-state index contributed by atoms with van der Waals surface area (Å²) in [5, 5.41) is 0. The van der Waals surface area contributed by atoms with E-state index in [-0.39, 0.29) is 5.97 Å². The Kier molecular flexibility index (Phi) is 5.27. The molecule has 0 aliphatic rings. The van der Waals surface area contributed by atoms with Crippen LogP contribution in [0.15, 0.2) is 29.8 Å². The molecule has 17 heavy (non-hydrogen) atoms. The second-order valence-corrected chi connectivity index (χ2v) is 3.55. The van der Waals surface area contributed by atoms with Crippen LogP contribution in [0.1, 0.15) is 26.3 Å². The largest absolute Gasteiger partial charge is 0.494 e. The summed E-state index contributed by atoms with van der Waals surface area (Å²) in [5.74, 6) is 0.555. The van der Waals surface area contributed by atoms with Crippen LogP contribution < -0.4 is 4.74 Å². The molecule has 0 amide bonds. The van der Waals surface area contributed by atoms with Crippen molar-refractivity contribution >= 4 is 12.0 Å². The van der Waals surface area contributed by atoms with Gasteiger partial charge in [0.2, 0.25) is 0 Å². The molecule has 0 atom stereocenters. The van der Waals surface area contributed by atoms with Gasteiger partial charge in [0.1, 0.15) is 5.75 Å². The second kappa shape index (κ2) is 6.74. The van der Waals surface area contributed by atoms with Crippen LogP contribution in [-0.4, -0.2) is 19.2 Å². The summed E-state index contributed by atoms with van der Waals surface area (Å²) < 4.78 is 10.2. The molecular weight excluding hydrogens is 216 g/mol. The summed E-state index contributed by atoms with van der Waals surface area (Å²) in [6.07, 6.45) is 1.80. The second-order valence-electron chi connectivity index (χ2n) is 3.55. The van der Waals surface area contributed by atoms with E-state index in [9.17, 15) is 4.79 Å². The summed E-state index contributed by atoms with van der Waals surface area (Å²) in [7, 11) is 0. The topological polar surface area (TPSA) is 35.5 Å². The van der Waals surface area contributed by atoms with Crippen molar-refractivity contribution < 1.29 is 14.3 Å². The normalized spacial score (nSPS) is 11.1. The molecule has 3 nitrogen and oxygen atoms in total. The van der Waals surface area contributed by atoms with Gasteiger partial charge in [0.15, 0.2) is 0 Å².